The van der Waals surface area contributed by atoms with Crippen molar-refractivity contribution in [3.05, 3.63) is 16.1 Å². The first-order chi connectivity index (χ1) is 8.24. The zero-order valence-electron chi connectivity index (χ0n) is 9.89. The predicted octanol–water partition coefficient (Wildman–Crippen LogP) is 2.15. The second-order valence-electron chi connectivity index (χ2n) is 4.48. The van der Waals surface area contributed by atoms with E-state index in [4.69, 9.17) is 5.11 Å². The van der Waals surface area contributed by atoms with Gasteiger partial charge in [-0.15, -0.1) is 11.3 Å². The summed E-state index contributed by atoms with van der Waals surface area (Å²) >= 11 is 1.53. The molecule has 94 valence electrons. The summed E-state index contributed by atoms with van der Waals surface area (Å²) in [6.07, 6.45) is 7.00. The smallest absolute Gasteiger partial charge is 0.308 e. The largest absolute Gasteiger partial charge is 0.481 e. The molecule has 1 aliphatic heterocycles. The van der Waals surface area contributed by atoms with Gasteiger partial charge in [0.05, 0.1) is 13.0 Å². The van der Waals surface area contributed by atoms with Gasteiger partial charge in [0.1, 0.15) is 5.01 Å². The Hall–Kier alpha value is -0.940. The fourth-order valence-electron chi connectivity index (χ4n) is 2.14. The van der Waals surface area contributed by atoms with Gasteiger partial charge in [-0.2, -0.15) is 0 Å². The highest BCUT2D eigenvalue weighted by Gasteiger charge is 2.12. The third kappa shape index (κ3) is 4.09. The number of hydrogen-bond acceptors (Lipinski definition) is 4. The van der Waals surface area contributed by atoms with Crippen molar-refractivity contribution in [2.75, 3.05) is 13.1 Å². The molecule has 17 heavy (non-hydrogen) atoms. The molecule has 1 N–H and O–H groups in total. The number of hydrogen-bond donors (Lipinski definition) is 1. The molecule has 4 nitrogen and oxygen atoms in total. The highest BCUT2D eigenvalue weighted by molar-refractivity contribution is 7.11. The van der Waals surface area contributed by atoms with Crippen LogP contribution >= 0.6 is 11.3 Å². The maximum atomic E-state index is 10.6. The fourth-order valence-corrected chi connectivity index (χ4v) is 3.09. The van der Waals surface area contributed by atoms with E-state index >= 15 is 0 Å². The summed E-state index contributed by atoms with van der Waals surface area (Å²) in [7, 11) is 0. The molecule has 0 unspecified atom stereocenters. The standard InChI is InChI=1S/C12H18N2O2S/c15-12(16)7-10-8-13-11(17-10)9-14-5-3-1-2-4-6-14/h8H,1-7,9H2,(H,15,16). The average Bonchev–Trinajstić information content (AvgIpc) is 2.54. The van der Waals surface area contributed by atoms with Crippen LogP contribution in [0.3, 0.4) is 0 Å². The van der Waals surface area contributed by atoms with Crippen molar-refractivity contribution in [1.29, 1.82) is 0 Å². The average molecular weight is 254 g/mol. The van der Waals surface area contributed by atoms with Gasteiger partial charge in [0, 0.05) is 11.1 Å². The molecule has 0 radical (unpaired) electrons. The van der Waals surface area contributed by atoms with Gasteiger partial charge < -0.3 is 5.11 Å². The Morgan fingerprint density at radius 3 is 2.71 bits per heavy atom. The van der Waals surface area contributed by atoms with E-state index in [1.165, 1.54) is 37.0 Å². The Morgan fingerprint density at radius 2 is 2.06 bits per heavy atom. The van der Waals surface area contributed by atoms with Gasteiger partial charge in [0.25, 0.3) is 0 Å². The van der Waals surface area contributed by atoms with Crippen molar-refractivity contribution in [2.24, 2.45) is 0 Å². The number of thiazole rings is 1. The summed E-state index contributed by atoms with van der Waals surface area (Å²) in [4.78, 5) is 18.2. The summed E-state index contributed by atoms with van der Waals surface area (Å²) in [6.45, 7) is 3.17. The summed E-state index contributed by atoms with van der Waals surface area (Å²) in [6, 6.07) is 0. The van der Waals surface area contributed by atoms with Crippen LogP contribution in [0.15, 0.2) is 6.20 Å². The minimum absolute atomic E-state index is 0.0949. The fraction of sp³-hybridized carbons (Fsp3) is 0.667. The van der Waals surface area contributed by atoms with Crippen LogP contribution in [0.5, 0.6) is 0 Å². The third-order valence-corrected chi connectivity index (χ3v) is 3.97. The van der Waals surface area contributed by atoms with Gasteiger partial charge in [0.2, 0.25) is 0 Å². The Balaban J connectivity index is 1.89. The Kier molecular flexibility index (Phi) is 4.50. The lowest BCUT2D eigenvalue weighted by Crippen LogP contribution is -2.23. The van der Waals surface area contributed by atoms with E-state index in [0.29, 0.717) is 0 Å². The molecule has 2 heterocycles. The Morgan fingerprint density at radius 1 is 1.35 bits per heavy atom. The Bertz CT molecular complexity index is 370. The molecule has 0 amide bonds. The highest BCUT2D eigenvalue weighted by Crippen LogP contribution is 2.18. The van der Waals surface area contributed by atoms with Crippen LogP contribution in [0.25, 0.3) is 0 Å². The molecule has 1 fully saturated rings. The number of rotatable bonds is 4. The van der Waals surface area contributed by atoms with Crippen molar-refractivity contribution in [1.82, 2.24) is 9.88 Å². The SMILES string of the molecule is O=C(O)Cc1cnc(CN2CCCCCC2)s1. The highest BCUT2D eigenvalue weighted by atomic mass is 32.1. The van der Waals surface area contributed by atoms with E-state index in [2.05, 4.69) is 9.88 Å². The predicted molar refractivity (Wildman–Crippen MR) is 67.2 cm³/mol. The van der Waals surface area contributed by atoms with Crippen LogP contribution in [0, 0.1) is 0 Å². The van der Waals surface area contributed by atoms with E-state index < -0.39 is 5.97 Å². The zero-order valence-corrected chi connectivity index (χ0v) is 10.7. The van der Waals surface area contributed by atoms with E-state index in [0.717, 1.165) is 29.5 Å². The molecule has 1 aliphatic rings. The van der Waals surface area contributed by atoms with E-state index in [-0.39, 0.29) is 6.42 Å². The molecule has 0 saturated carbocycles. The van der Waals surface area contributed by atoms with Crippen molar-refractivity contribution >= 4 is 17.3 Å². The number of likely N-dealkylation sites (tertiary alicyclic amines) is 1. The first-order valence-electron chi connectivity index (χ1n) is 6.12. The van der Waals surface area contributed by atoms with Crippen LogP contribution in [0.2, 0.25) is 0 Å². The molecular formula is C12H18N2O2S. The number of carboxylic acids is 1. The lowest BCUT2D eigenvalue weighted by atomic mass is 10.2. The minimum Gasteiger partial charge on any atom is -0.481 e. The molecular weight excluding hydrogens is 236 g/mol. The summed E-state index contributed by atoms with van der Waals surface area (Å²) in [5.41, 5.74) is 0. The van der Waals surface area contributed by atoms with Crippen molar-refractivity contribution < 1.29 is 9.90 Å². The first-order valence-corrected chi connectivity index (χ1v) is 6.93. The van der Waals surface area contributed by atoms with Crippen molar-refractivity contribution in [3.8, 4) is 0 Å². The van der Waals surface area contributed by atoms with Gasteiger partial charge in [-0.05, 0) is 25.9 Å². The maximum Gasteiger partial charge on any atom is 0.308 e. The van der Waals surface area contributed by atoms with Crippen molar-refractivity contribution in [2.45, 2.75) is 38.6 Å². The van der Waals surface area contributed by atoms with Gasteiger partial charge in [-0.3, -0.25) is 9.69 Å². The van der Waals surface area contributed by atoms with Crippen LogP contribution in [-0.2, 0) is 17.8 Å². The molecule has 5 heteroatoms. The number of aliphatic carboxylic acids is 1. The molecule has 1 aromatic rings. The van der Waals surface area contributed by atoms with Gasteiger partial charge >= 0.3 is 5.97 Å². The minimum atomic E-state index is -0.782. The summed E-state index contributed by atoms with van der Waals surface area (Å²) in [5, 5.41) is 9.75. The molecule has 2 rings (SSSR count). The van der Waals surface area contributed by atoms with Gasteiger partial charge in [-0.1, -0.05) is 12.8 Å². The second-order valence-corrected chi connectivity index (χ2v) is 5.68. The number of aromatic nitrogens is 1. The second kappa shape index (κ2) is 6.12. The molecule has 1 aromatic heterocycles. The molecule has 0 atom stereocenters. The van der Waals surface area contributed by atoms with E-state index in [9.17, 15) is 4.79 Å². The van der Waals surface area contributed by atoms with Gasteiger partial charge in [0.15, 0.2) is 0 Å². The molecule has 0 aliphatic carbocycles. The normalized spacial score (nSPS) is 17.9. The quantitative estimate of drug-likeness (QED) is 0.894. The third-order valence-electron chi connectivity index (χ3n) is 2.98. The maximum absolute atomic E-state index is 10.6. The van der Waals surface area contributed by atoms with Crippen molar-refractivity contribution in [3.63, 3.8) is 0 Å². The molecule has 0 bridgehead atoms. The first kappa shape index (κ1) is 12.5. The molecule has 1 saturated heterocycles. The number of nitrogens with zero attached hydrogens (tertiary/aromatic N) is 2. The van der Waals surface area contributed by atoms with Crippen LogP contribution in [0.1, 0.15) is 35.6 Å². The summed E-state index contributed by atoms with van der Waals surface area (Å²) in [5.74, 6) is -0.782. The number of carboxylic acid groups (broad SMARTS) is 1. The lowest BCUT2D eigenvalue weighted by molar-refractivity contribution is -0.136. The van der Waals surface area contributed by atoms with E-state index in [1.807, 2.05) is 0 Å². The topological polar surface area (TPSA) is 53.4 Å². The zero-order chi connectivity index (χ0) is 12.1. The lowest BCUT2D eigenvalue weighted by Gasteiger charge is -2.17. The van der Waals surface area contributed by atoms with Crippen LogP contribution in [-0.4, -0.2) is 34.0 Å². The van der Waals surface area contributed by atoms with Crippen LogP contribution < -0.4 is 0 Å². The monoisotopic (exact) mass is 254 g/mol. The van der Waals surface area contributed by atoms with Crippen LogP contribution in [0.4, 0.5) is 0 Å². The van der Waals surface area contributed by atoms with E-state index in [1.54, 1.807) is 6.20 Å². The molecule has 0 spiro atoms. The van der Waals surface area contributed by atoms with Gasteiger partial charge in [-0.25, -0.2) is 4.98 Å². The molecule has 0 aromatic carbocycles. The summed E-state index contributed by atoms with van der Waals surface area (Å²) < 4.78 is 0. The Labute approximate surface area is 105 Å². The number of carbonyl (C=O) groups is 1.